The Hall–Kier alpha value is -1.18. The molecule has 6 heteroatoms. The number of nitrogens with one attached hydrogen (secondary N) is 3. The zero-order valence-electron chi connectivity index (χ0n) is 40.6. The van der Waals surface area contributed by atoms with Gasteiger partial charge in [-0.3, -0.25) is 20.9 Å². The molecule has 17 atom stereocenters. The van der Waals surface area contributed by atoms with Crippen molar-refractivity contribution in [3.05, 3.63) is 34.6 Å². The largest absolute Gasteiger partial charge is 0.370 e. The van der Waals surface area contributed by atoms with E-state index < -0.39 is 0 Å². The van der Waals surface area contributed by atoms with Gasteiger partial charge in [-0.25, -0.2) is 0 Å². The van der Waals surface area contributed by atoms with Gasteiger partial charge < -0.3 is 9.64 Å². The number of piperidine rings is 1. The minimum atomic E-state index is 0.323. The van der Waals surface area contributed by atoms with Crippen molar-refractivity contribution in [2.75, 3.05) is 0 Å². The van der Waals surface area contributed by atoms with Crippen LogP contribution in [0.25, 0.3) is 0 Å². The normalized spacial score (nSPS) is 48.7. The number of likely N-dealkylation sites (tertiary alicyclic amines) is 1. The quantitative estimate of drug-likeness (QED) is 0.240. The standard InChI is InChI=1S/C57H91N5O/c1-5-36-21-17-24-40-38-22-9-13-29-46(38)62(52(36)40)49-34-50(61-47-30-14-11-27-44(47)57(3,4)45-28-12-15-31-48(45)61)43(33-35(49)2)56-59-54(37-19-7-6-8-20-37)58-55(60-56)42-26-18-25-41-39-23-10-16-32-51(39)63-53(41)42/h5,23,35,37-38,41-51,53-56,58-60H,6-22,24-34H2,1-4H3/b36-5-. The fourth-order valence-electron chi connectivity index (χ4n) is 19.1. The lowest BCUT2D eigenvalue weighted by Gasteiger charge is -2.66. The molecule has 0 radical (unpaired) electrons. The first-order valence-corrected chi connectivity index (χ1v) is 28.5. The lowest BCUT2D eigenvalue weighted by molar-refractivity contribution is -0.162. The predicted molar refractivity (Wildman–Crippen MR) is 258 cm³/mol. The molecule has 4 aliphatic heterocycles. The van der Waals surface area contributed by atoms with Gasteiger partial charge in [0.15, 0.2) is 0 Å². The van der Waals surface area contributed by atoms with Crippen molar-refractivity contribution in [2.24, 2.45) is 52.8 Å². The van der Waals surface area contributed by atoms with E-state index in [1.807, 2.05) is 5.57 Å². The van der Waals surface area contributed by atoms with Gasteiger partial charge in [0.2, 0.25) is 0 Å². The summed E-state index contributed by atoms with van der Waals surface area (Å²) in [5.41, 5.74) is 7.56. The number of hydrogen-bond donors (Lipinski definition) is 3. The van der Waals surface area contributed by atoms with Crippen molar-refractivity contribution < 1.29 is 4.74 Å². The van der Waals surface area contributed by atoms with Crippen molar-refractivity contribution in [2.45, 2.75) is 268 Å². The van der Waals surface area contributed by atoms with Crippen molar-refractivity contribution in [3.8, 4) is 0 Å². The molecule has 12 rings (SSSR count). The number of allylic oxidation sites excluding steroid dienone is 3. The van der Waals surface area contributed by atoms with Crippen LogP contribution in [0.5, 0.6) is 0 Å². The average molecular weight is 862 g/mol. The summed E-state index contributed by atoms with van der Waals surface area (Å²) < 4.78 is 7.25. The molecule has 3 N–H and O–H groups in total. The minimum absolute atomic E-state index is 0.323. The molecule has 350 valence electrons. The Morgan fingerprint density at radius 3 is 2.03 bits per heavy atom. The Balaban J connectivity index is 0.938. The van der Waals surface area contributed by atoms with E-state index in [-0.39, 0.29) is 0 Å². The molecule has 17 unspecified atom stereocenters. The molecular weight excluding hydrogens is 771 g/mol. The van der Waals surface area contributed by atoms with Gasteiger partial charge >= 0.3 is 0 Å². The van der Waals surface area contributed by atoms with Gasteiger partial charge in [-0.1, -0.05) is 97.1 Å². The predicted octanol–water partition coefficient (Wildman–Crippen LogP) is 12.1. The minimum Gasteiger partial charge on any atom is -0.370 e. The maximum absolute atomic E-state index is 7.25. The maximum Gasteiger partial charge on any atom is 0.0793 e. The first-order chi connectivity index (χ1) is 30.9. The van der Waals surface area contributed by atoms with E-state index in [0.717, 1.165) is 41.8 Å². The van der Waals surface area contributed by atoms with Crippen LogP contribution >= 0.6 is 0 Å². The topological polar surface area (TPSA) is 51.8 Å². The third-order valence-electron chi connectivity index (χ3n) is 21.9. The molecule has 63 heavy (non-hydrogen) atoms. The van der Waals surface area contributed by atoms with E-state index in [1.54, 1.807) is 16.8 Å². The van der Waals surface area contributed by atoms with Crippen LogP contribution in [0.2, 0.25) is 0 Å². The second kappa shape index (κ2) is 17.7. The molecule has 0 aromatic heterocycles. The molecular formula is C57H91N5O. The van der Waals surface area contributed by atoms with E-state index in [9.17, 15) is 0 Å². The second-order valence-electron chi connectivity index (χ2n) is 25.1. The summed E-state index contributed by atoms with van der Waals surface area (Å²) in [5, 5.41) is 13.6. The maximum atomic E-state index is 7.25. The fourth-order valence-corrected chi connectivity index (χ4v) is 19.1. The Morgan fingerprint density at radius 1 is 0.603 bits per heavy atom. The molecule has 6 saturated carbocycles. The van der Waals surface area contributed by atoms with Crippen molar-refractivity contribution >= 4 is 0 Å². The highest BCUT2D eigenvalue weighted by Crippen LogP contribution is 2.59. The van der Waals surface area contributed by atoms with Crippen LogP contribution in [0.4, 0.5) is 0 Å². The monoisotopic (exact) mass is 862 g/mol. The van der Waals surface area contributed by atoms with Crippen LogP contribution in [0.3, 0.4) is 0 Å². The SMILES string of the molecule is C/C=C1/CCCC2=C1N(C1CC(N3C4CCCCC4C(C)(C)C4CCCCC43)C(C3NC(C4CCCCC4)NC(C4CCCC5C6=CCCCC6OC54)N3)CC1C)C1CCCCC21. The zero-order chi connectivity index (χ0) is 42.4. The van der Waals surface area contributed by atoms with Gasteiger partial charge in [-0.2, -0.15) is 0 Å². The van der Waals surface area contributed by atoms with Crippen LogP contribution in [-0.4, -0.2) is 70.7 Å². The molecule has 3 saturated heterocycles. The van der Waals surface area contributed by atoms with Crippen LogP contribution in [0.1, 0.15) is 207 Å². The number of ether oxygens (including phenoxy) is 1. The van der Waals surface area contributed by atoms with Crippen LogP contribution < -0.4 is 16.0 Å². The summed E-state index contributed by atoms with van der Waals surface area (Å²) in [4.78, 5) is 6.67. The molecule has 12 aliphatic rings. The molecule has 0 amide bonds. The molecule has 9 fully saturated rings. The lowest BCUT2D eigenvalue weighted by atomic mass is 9.53. The Kier molecular flexibility index (Phi) is 12.1. The van der Waals surface area contributed by atoms with Gasteiger partial charge in [-0.05, 0) is 168 Å². The summed E-state index contributed by atoms with van der Waals surface area (Å²) in [6.07, 6.45) is 45.9. The van der Waals surface area contributed by atoms with Crippen LogP contribution in [0.15, 0.2) is 34.6 Å². The molecule has 4 heterocycles. The number of nitrogens with zero attached hydrogens (tertiary/aromatic N) is 2. The van der Waals surface area contributed by atoms with Crippen LogP contribution in [-0.2, 0) is 4.74 Å². The molecule has 0 aromatic carbocycles. The Bertz CT molecular complexity index is 1720. The molecule has 6 nitrogen and oxygen atoms in total. The highest BCUT2D eigenvalue weighted by molar-refractivity contribution is 5.44. The van der Waals surface area contributed by atoms with Gasteiger partial charge in [0, 0.05) is 59.6 Å². The number of rotatable bonds is 5. The van der Waals surface area contributed by atoms with Gasteiger partial charge in [0.25, 0.3) is 0 Å². The van der Waals surface area contributed by atoms with Crippen molar-refractivity contribution in [1.29, 1.82) is 0 Å². The lowest BCUT2D eigenvalue weighted by Crippen LogP contribution is -2.76. The van der Waals surface area contributed by atoms with E-state index in [0.29, 0.717) is 71.9 Å². The summed E-state index contributed by atoms with van der Waals surface area (Å²) in [6, 6.07) is 3.51. The summed E-state index contributed by atoms with van der Waals surface area (Å²) >= 11 is 0. The first-order valence-electron chi connectivity index (χ1n) is 28.5. The number of fused-ring (bicyclic) bond motifs is 7. The summed E-state index contributed by atoms with van der Waals surface area (Å²) in [6.45, 7) is 10.6. The molecule has 0 bridgehead atoms. The average Bonchev–Trinajstić information content (AvgIpc) is 3.88. The van der Waals surface area contributed by atoms with Gasteiger partial charge in [-0.15, -0.1) is 0 Å². The third-order valence-corrected chi connectivity index (χ3v) is 21.9. The fraction of sp³-hybridized carbons (Fsp3) is 0.895. The first kappa shape index (κ1) is 43.1. The highest BCUT2D eigenvalue weighted by Gasteiger charge is 2.60. The highest BCUT2D eigenvalue weighted by atomic mass is 16.5. The smallest absolute Gasteiger partial charge is 0.0793 e. The van der Waals surface area contributed by atoms with Crippen molar-refractivity contribution in [1.82, 2.24) is 25.8 Å². The Labute approximate surface area is 384 Å². The van der Waals surface area contributed by atoms with E-state index in [4.69, 9.17) is 4.74 Å². The van der Waals surface area contributed by atoms with Gasteiger partial charge in [0.05, 0.1) is 30.7 Å². The second-order valence-corrected chi connectivity index (χ2v) is 25.1. The zero-order valence-corrected chi connectivity index (χ0v) is 40.6. The van der Waals surface area contributed by atoms with E-state index >= 15 is 0 Å². The van der Waals surface area contributed by atoms with Gasteiger partial charge in [0.1, 0.15) is 0 Å². The third kappa shape index (κ3) is 7.38. The number of hydrogen-bond acceptors (Lipinski definition) is 6. The van der Waals surface area contributed by atoms with E-state index in [2.05, 4.69) is 65.6 Å². The summed E-state index contributed by atoms with van der Waals surface area (Å²) in [7, 11) is 0. The molecule has 0 aromatic rings. The van der Waals surface area contributed by atoms with Crippen molar-refractivity contribution in [3.63, 3.8) is 0 Å². The molecule has 8 aliphatic carbocycles. The molecule has 0 spiro atoms. The Morgan fingerprint density at radius 2 is 1.27 bits per heavy atom. The van der Waals surface area contributed by atoms with Crippen LogP contribution in [0, 0.1) is 52.8 Å². The van der Waals surface area contributed by atoms with E-state index in [1.165, 1.54) is 180 Å². The summed E-state index contributed by atoms with van der Waals surface area (Å²) in [5.74, 6) is 5.72.